The fourth-order valence-electron chi connectivity index (χ4n) is 5.72. The van der Waals surface area contributed by atoms with E-state index in [9.17, 15) is 27.2 Å². The molecule has 0 radical (unpaired) electrons. The Hall–Kier alpha value is -3.78. The summed E-state index contributed by atoms with van der Waals surface area (Å²) in [5, 5.41) is 14.4. The number of aromatic nitrogens is 5. The molecular weight excluding hydrogens is 512 g/mol. The van der Waals surface area contributed by atoms with E-state index in [-0.39, 0.29) is 62.6 Å². The van der Waals surface area contributed by atoms with Crippen LogP contribution in [0.1, 0.15) is 59.0 Å². The molecule has 1 aliphatic heterocycles. The molecule has 2 aliphatic carbocycles. The number of alkyl halides is 4. The minimum Gasteiger partial charge on any atom is -0.364 e. The maximum atomic E-state index is 13.9. The molecule has 2 saturated carbocycles. The summed E-state index contributed by atoms with van der Waals surface area (Å²) in [5.41, 5.74) is 6.73. The van der Waals surface area contributed by atoms with Crippen molar-refractivity contribution in [2.24, 2.45) is 23.5 Å². The zero-order valence-electron chi connectivity index (χ0n) is 20.0. The molecule has 4 heterocycles. The van der Waals surface area contributed by atoms with Crippen LogP contribution in [-0.2, 0) is 6.54 Å². The van der Waals surface area contributed by atoms with Crippen molar-refractivity contribution in [2.45, 2.75) is 50.0 Å². The Kier molecular flexibility index (Phi) is 5.57. The highest BCUT2D eigenvalue weighted by Gasteiger charge is 2.69. The Morgan fingerprint density at radius 1 is 1.21 bits per heavy atom. The summed E-state index contributed by atoms with van der Waals surface area (Å²) in [6.07, 6.45) is 2.78. The third-order valence-electron chi connectivity index (χ3n) is 7.91. The minimum absolute atomic E-state index is 0.0526. The van der Waals surface area contributed by atoms with Crippen LogP contribution in [0.2, 0.25) is 0 Å². The van der Waals surface area contributed by atoms with E-state index in [0.29, 0.717) is 16.9 Å². The zero-order chi connectivity index (χ0) is 26.8. The van der Waals surface area contributed by atoms with Gasteiger partial charge in [0.1, 0.15) is 5.69 Å². The van der Waals surface area contributed by atoms with Gasteiger partial charge in [0.15, 0.2) is 11.3 Å². The summed E-state index contributed by atoms with van der Waals surface area (Å²) in [5.74, 6) is -9.18. The van der Waals surface area contributed by atoms with Gasteiger partial charge in [-0.1, -0.05) is 5.16 Å². The van der Waals surface area contributed by atoms with Crippen LogP contribution in [0.4, 0.5) is 22.4 Å². The van der Waals surface area contributed by atoms with E-state index in [4.69, 9.17) is 10.4 Å². The molecule has 3 N–H and O–H groups in total. The Labute approximate surface area is 212 Å². The van der Waals surface area contributed by atoms with Gasteiger partial charge < -0.3 is 16.0 Å². The molecular formula is C23H24F4N8O3. The number of imidazole rings is 1. The maximum absolute atomic E-state index is 13.9. The van der Waals surface area contributed by atoms with E-state index in [1.807, 2.05) is 0 Å². The Morgan fingerprint density at radius 2 is 1.97 bits per heavy atom. The molecule has 202 valence electrons. The number of nitrogens with two attached hydrogens (primary N) is 1. The van der Waals surface area contributed by atoms with Gasteiger partial charge in [0, 0.05) is 32.5 Å². The standard InChI is InChI=1S/C23H24F4N8O3/c24-22(25)3-1-12(2-4-22)17(18-19(20(28)36)33-38-32-18)15-10-35-16(31-15)5-11(6-30-35)8-34-9-14-13(23(14,26)27)7-29-21(34)37/h5-6,10,12-14,17H,1-4,7-9H2,(H2,28,36)(H,29,37)/t13-,14-,17-/m0/s1. The molecule has 3 amide bonds. The SMILES string of the molecule is NC(=O)c1nonc1[C@H](c1cn2ncc(CN3C[C@H]4[C@H](CNC3=O)C4(F)F)cc2n1)C1CCC(F)(F)CC1. The fourth-order valence-corrected chi connectivity index (χ4v) is 5.72. The number of rotatable bonds is 6. The Bertz CT molecular complexity index is 1400. The number of hydrogen-bond donors (Lipinski definition) is 2. The summed E-state index contributed by atoms with van der Waals surface area (Å²) < 4.78 is 61.8. The number of nitrogens with zero attached hydrogens (tertiary/aromatic N) is 6. The number of carbonyl (C=O) groups is 2. The van der Waals surface area contributed by atoms with Crippen LogP contribution in [0.25, 0.3) is 5.65 Å². The van der Waals surface area contributed by atoms with Gasteiger partial charge in [-0.3, -0.25) is 4.79 Å². The lowest BCUT2D eigenvalue weighted by Gasteiger charge is -2.32. The molecule has 3 aromatic rings. The monoisotopic (exact) mass is 536 g/mol. The molecule has 6 rings (SSSR count). The Balaban J connectivity index is 1.30. The van der Waals surface area contributed by atoms with E-state index in [0.717, 1.165) is 0 Å². The first-order valence-corrected chi connectivity index (χ1v) is 12.3. The van der Waals surface area contributed by atoms with Crippen molar-refractivity contribution in [1.29, 1.82) is 0 Å². The molecule has 0 aromatic carbocycles. The first kappa shape index (κ1) is 24.6. The van der Waals surface area contributed by atoms with Crippen molar-refractivity contribution >= 4 is 17.6 Å². The molecule has 3 fully saturated rings. The van der Waals surface area contributed by atoms with E-state index < -0.39 is 41.5 Å². The van der Waals surface area contributed by atoms with Gasteiger partial charge in [-0.05, 0) is 35.5 Å². The molecule has 15 heteroatoms. The Morgan fingerprint density at radius 3 is 2.71 bits per heavy atom. The smallest absolute Gasteiger partial charge is 0.317 e. The number of hydrogen-bond acceptors (Lipinski definition) is 7. The average Bonchev–Trinajstić information content (AvgIpc) is 3.20. The molecule has 0 bridgehead atoms. The van der Waals surface area contributed by atoms with Crippen molar-refractivity contribution < 1.29 is 31.8 Å². The van der Waals surface area contributed by atoms with E-state index >= 15 is 0 Å². The van der Waals surface area contributed by atoms with E-state index in [2.05, 4.69) is 25.7 Å². The fraction of sp³-hybridized carbons (Fsp3) is 0.565. The minimum atomic E-state index is -2.79. The number of amides is 3. The van der Waals surface area contributed by atoms with Crippen LogP contribution in [-0.4, -0.2) is 66.7 Å². The number of nitrogens with one attached hydrogen (secondary N) is 1. The van der Waals surface area contributed by atoms with Gasteiger partial charge >= 0.3 is 6.03 Å². The number of carbonyl (C=O) groups excluding carboxylic acids is 2. The van der Waals surface area contributed by atoms with Gasteiger partial charge in [0.2, 0.25) is 5.92 Å². The van der Waals surface area contributed by atoms with Gasteiger partial charge in [0.05, 0.1) is 35.8 Å². The van der Waals surface area contributed by atoms with E-state index in [1.54, 1.807) is 12.3 Å². The van der Waals surface area contributed by atoms with Gasteiger partial charge in [-0.15, -0.1) is 0 Å². The van der Waals surface area contributed by atoms with Crippen molar-refractivity contribution in [3.63, 3.8) is 0 Å². The van der Waals surface area contributed by atoms with Gasteiger partial charge in [-0.25, -0.2) is 36.5 Å². The van der Waals surface area contributed by atoms with Crippen LogP contribution in [0.15, 0.2) is 23.1 Å². The summed E-state index contributed by atoms with van der Waals surface area (Å²) in [6, 6.07) is 1.24. The van der Waals surface area contributed by atoms with Crippen LogP contribution in [0, 0.1) is 17.8 Å². The topological polar surface area (TPSA) is 145 Å². The van der Waals surface area contributed by atoms with E-state index in [1.165, 1.54) is 15.6 Å². The summed E-state index contributed by atoms with van der Waals surface area (Å²) in [6.45, 7) is -0.0820. The molecule has 0 unspecified atom stereocenters. The molecule has 3 aliphatic rings. The highest BCUT2D eigenvalue weighted by Crippen LogP contribution is 2.55. The third-order valence-corrected chi connectivity index (χ3v) is 7.91. The molecule has 0 spiro atoms. The average molecular weight is 536 g/mol. The zero-order valence-corrected chi connectivity index (χ0v) is 20.0. The molecule has 38 heavy (non-hydrogen) atoms. The van der Waals surface area contributed by atoms with Crippen LogP contribution in [0.3, 0.4) is 0 Å². The molecule has 1 saturated heterocycles. The molecule has 3 atom stereocenters. The predicted molar refractivity (Wildman–Crippen MR) is 120 cm³/mol. The lowest BCUT2D eigenvalue weighted by Crippen LogP contribution is -2.40. The van der Waals surface area contributed by atoms with Gasteiger partial charge in [0.25, 0.3) is 11.8 Å². The number of fused-ring (bicyclic) bond motifs is 2. The second-order valence-electron chi connectivity index (χ2n) is 10.3. The van der Waals surface area contributed by atoms with Crippen molar-refractivity contribution in [1.82, 2.24) is 35.1 Å². The highest BCUT2D eigenvalue weighted by molar-refractivity contribution is 5.91. The summed E-state index contributed by atoms with van der Waals surface area (Å²) >= 11 is 0. The number of primary amides is 1. The normalized spacial score (nSPS) is 25.5. The quantitative estimate of drug-likeness (QED) is 0.461. The molecule has 3 aromatic heterocycles. The summed E-state index contributed by atoms with van der Waals surface area (Å²) in [4.78, 5) is 30.3. The lowest BCUT2D eigenvalue weighted by atomic mass is 9.75. The van der Waals surface area contributed by atoms with Gasteiger partial charge in [-0.2, -0.15) is 5.10 Å². The summed E-state index contributed by atoms with van der Waals surface area (Å²) in [7, 11) is 0. The van der Waals surface area contributed by atoms with Crippen molar-refractivity contribution in [2.75, 3.05) is 13.1 Å². The number of halogens is 4. The third kappa shape index (κ3) is 4.22. The predicted octanol–water partition coefficient (Wildman–Crippen LogP) is 2.58. The van der Waals surface area contributed by atoms with Crippen molar-refractivity contribution in [3.05, 3.63) is 41.1 Å². The first-order chi connectivity index (χ1) is 18.0. The molecule has 11 nitrogen and oxygen atoms in total. The van der Waals surface area contributed by atoms with Crippen molar-refractivity contribution in [3.8, 4) is 0 Å². The second-order valence-corrected chi connectivity index (χ2v) is 10.3. The van der Waals surface area contributed by atoms with Crippen LogP contribution in [0.5, 0.6) is 0 Å². The first-order valence-electron chi connectivity index (χ1n) is 12.3. The second kappa shape index (κ2) is 8.63. The highest BCUT2D eigenvalue weighted by atomic mass is 19.3. The number of urea groups is 1. The maximum Gasteiger partial charge on any atom is 0.317 e. The lowest BCUT2D eigenvalue weighted by molar-refractivity contribution is -0.0476. The largest absolute Gasteiger partial charge is 0.364 e. The van der Waals surface area contributed by atoms with Crippen LogP contribution < -0.4 is 11.1 Å². The van der Waals surface area contributed by atoms with Crippen LogP contribution >= 0.6 is 0 Å².